The van der Waals surface area contributed by atoms with Gasteiger partial charge in [-0.25, -0.2) is 0 Å². The highest BCUT2D eigenvalue weighted by molar-refractivity contribution is 6.09. The van der Waals surface area contributed by atoms with Crippen molar-refractivity contribution in [3.05, 3.63) is 71.2 Å². The number of primary amides is 1. The monoisotopic (exact) mass is 393 g/mol. The summed E-state index contributed by atoms with van der Waals surface area (Å²) < 4.78 is 12.1. The summed E-state index contributed by atoms with van der Waals surface area (Å²) in [6, 6.07) is 9.56. The van der Waals surface area contributed by atoms with Crippen molar-refractivity contribution in [2.45, 2.75) is 0 Å². The second-order valence-electron chi connectivity index (χ2n) is 6.04. The first-order valence-electron chi connectivity index (χ1n) is 8.55. The maximum atomic E-state index is 13.3. The van der Waals surface area contributed by atoms with Gasteiger partial charge in [-0.2, -0.15) is 0 Å². The highest BCUT2D eigenvalue weighted by atomic mass is 16.5. The Hall–Kier alpha value is -4.07. The number of ether oxygens (including phenoxy) is 2. The maximum absolute atomic E-state index is 13.3. The number of methoxy groups -OCH3 is 2. The molecule has 0 saturated carbocycles. The number of aromatic nitrogens is 1. The Morgan fingerprint density at radius 2 is 1.86 bits per heavy atom. The van der Waals surface area contributed by atoms with E-state index in [-0.39, 0.29) is 16.7 Å². The average molecular weight is 393 g/mol. The second-order valence-corrected chi connectivity index (χ2v) is 6.04. The molecule has 29 heavy (non-hydrogen) atoms. The van der Waals surface area contributed by atoms with Crippen molar-refractivity contribution >= 4 is 28.3 Å². The van der Waals surface area contributed by atoms with Gasteiger partial charge in [-0.1, -0.05) is 12.6 Å². The molecule has 3 N–H and O–H groups in total. The molecule has 0 aliphatic rings. The molecule has 8 nitrogen and oxygen atoms in total. The van der Waals surface area contributed by atoms with Crippen LogP contribution in [0, 0.1) is 0 Å². The molecule has 0 atom stereocenters. The zero-order valence-electron chi connectivity index (χ0n) is 15.9. The summed E-state index contributed by atoms with van der Waals surface area (Å²) in [6.45, 7) is 3.44. The summed E-state index contributed by atoms with van der Waals surface area (Å²) in [5.74, 6) is -0.443. The van der Waals surface area contributed by atoms with Gasteiger partial charge in [0.15, 0.2) is 0 Å². The van der Waals surface area contributed by atoms with Gasteiger partial charge in [-0.3, -0.25) is 19.0 Å². The summed E-state index contributed by atoms with van der Waals surface area (Å²) in [7, 11) is 2.88. The number of carbonyl (C=O) groups excluding carboxylic acids is 2. The highest BCUT2D eigenvalue weighted by Gasteiger charge is 2.19. The van der Waals surface area contributed by atoms with Crippen LogP contribution in [0.5, 0.6) is 11.5 Å². The highest BCUT2D eigenvalue weighted by Crippen LogP contribution is 2.38. The zero-order chi connectivity index (χ0) is 21.1. The van der Waals surface area contributed by atoms with E-state index in [1.54, 1.807) is 24.3 Å². The number of hydrogen-bond donors (Lipinski definition) is 2. The van der Waals surface area contributed by atoms with E-state index in [1.807, 2.05) is 0 Å². The molecule has 148 valence electrons. The summed E-state index contributed by atoms with van der Waals surface area (Å²) in [5.41, 5.74) is 5.99. The summed E-state index contributed by atoms with van der Waals surface area (Å²) in [6.07, 6.45) is 2.65. The van der Waals surface area contributed by atoms with E-state index in [9.17, 15) is 14.4 Å². The Balaban J connectivity index is 2.33. The van der Waals surface area contributed by atoms with Crippen LogP contribution in [-0.4, -0.2) is 30.6 Å². The molecule has 0 aliphatic carbocycles. The molecule has 0 bridgehead atoms. The number of pyridine rings is 1. The number of hydrogen-bond acceptors (Lipinski definition) is 5. The Bertz CT molecular complexity index is 1200. The van der Waals surface area contributed by atoms with Gasteiger partial charge in [0.2, 0.25) is 11.8 Å². The number of nitrogens with zero attached hydrogens (tertiary/aromatic N) is 1. The third kappa shape index (κ3) is 3.55. The van der Waals surface area contributed by atoms with Gasteiger partial charge in [0.25, 0.3) is 5.56 Å². The number of benzene rings is 2. The summed E-state index contributed by atoms with van der Waals surface area (Å²) in [5, 5.41) is 3.34. The lowest BCUT2D eigenvalue weighted by atomic mass is 10.1. The Morgan fingerprint density at radius 1 is 1.14 bits per heavy atom. The Kier molecular flexibility index (Phi) is 5.36. The molecule has 3 rings (SSSR count). The molecule has 0 unspecified atom stereocenters. The quantitative estimate of drug-likeness (QED) is 0.624. The molecule has 2 aromatic carbocycles. The smallest absolute Gasteiger partial charge is 0.266 e. The topological polar surface area (TPSA) is 113 Å². The largest absolute Gasteiger partial charge is 0.496 e. The molecule has 1 aromatic heterocycles. The van der Waals surface area contributed by atoms with Crippen molar-refractivity contribution in [1.82, 2.24) is 4.57 Å². The third-order valence-corrected chi connectivity index (χ3v) is 4.40. The minimum Gasteiger partial charge on any atom is -0.496 e. The van der Waals surface area contributed by atoms with Gasteiger partial charge < -0.3 is 20.5 Å². The van der Waals surface area contributed by atoms with Crippen molar-refractivity contribution in [2.24, 2.45) is 5.73 Å². The molecule has 0 radical (unpaired) electrons. The molecule has 0 fully saturated rings. The molecule has 1 heterocycles. The van der Waals surface area contributed by atoms with E-state index in [0.717, 1.165) is 6.08 Å². The molecule has 8 heteroatoms. The Morgan fingerprint density at radius 3 is 2.48 bits per heavy atom. The van der Waals surface area contributed by atoms with E-state index >= 15 is 0 Å². The van der Waals surface area contributed by atoms with E-state index in [2.05, 4.69) is 11.9 Å². The van der Waals surface area contributed by atoms with Gasteiger partial charge in [-0.05, 0) is 30.3 Å². The third-order valence-electron chi connectivity index (χ3n) is 4.40. The fraction of sp³-hybridized carbons (Fsp3) is 0.0952. The van der Waals surface area contributed by atoms with E-state index in [0.29, 0.717) is 22.5 Å². The van der Waals surface area contributed by atoms with Crippen LogP contribution in [0.25, 0.3) is 16.5 Å². The fourth-order valence-corrected chi connectivity index (χ4v) is 3.02. The Labute approximate surface area is 166 Å². The van der Waals surface area contributed by atoms with Gasteiger partial charge >= 0.3 is 0 Å². The first kappa shape index (κ1) is 19.7. The van der Waals surface area contributed by atoms with Crippen LogP contribution >= 0.6 is 0 Å². The van der Waals surface area contributed by atoms with Crippen LogP contribution in [0.4, 0.5) is 5.69 Å². The van der Waals surface area contributed by atoms with Gasteiger partial charge in [0.1, 0.15) is 11.5 Å². The predicted molar refractivity (Wildman–Crippen MR) is 110 cm³/mol. The molecule has 2 amide bonds. The first-order chi connectivity index (χ1) is 13.9. The van der Waals surface area contributed by atoms with Gasteiger partial charge in [0.05, 0.1) is 25.3 Å². The van der Waals surface area contributed by atoms with Crippen molar-refractivity contribution in [2.75, 3.05) is 19.5 Å². The van der Waals surface area contributed by atoms with Crippen LogP contribution in [0.15, 0.2) is 60.0 Å². The molecule has 3 aromatic rings. The maximum Gasteiger partial charge on any atom is 0.266 e. The molecule has 0 spiro atoms. The van der Waals surface area contributed by atoms with E-state index < -0.39 is 17.4 Å². The lowest BCUT2D eigenvalue weighted by molar-refractivity contribution is -0.111. The number of nitrogens with two attached hydrogens (primary N) is 1. The number of carbonyl (C=O) groups is 2. The SMILES string of the molecule is C=CC(=O)Nc1c(OC)cc(OC)c2c(=O)n(-c3cccc(C(N)=O)c3)ccc12. The zero-order valence-corrected chi connectivity index (χ0v) is 15.9. The van der Waals surface area contributed by atoms with Crippen LogP contribution in [0.3, 0.4) is 0 Å². The lowest BCUT2D eigenvalue weighted by Crippen LogP contribution is -2.20. The predicted octanol–water partition coefficient (Wildman–Crippen LogP) is 2.23. The average Bonchev–Trinajstić information content (AvgIpc) is 2.73. The van der Waals surface area contributed by atoms with Crippen molar-refractivity contribution in [3.63, 3.8) is 0 Å². The second kappa shape index (κ2) is 7.89. The van der Waals surface area contributed by atoms with Crippen LogP contribution in [-0.2, 0) is 4.79 Å². The fourth-order valence-electron chi connectivity index (χ4n) is 3.02. The summed E-state index contributed by atoms with van der Waals surface area (Å²) >= 11 is 0. The minimum absolute atomic E-state index is 0.236. The normalized spacial score (nSPS) is 10.4. The van der Waals surface area contributed by atoms with Gasteiger partial charge in [0, 0.05) is 28.9 Å². The lowest BCUT2D eigenvalue weighted by Gasteiger charge is -2.16. The van der Waals surface area contributed by atoms with Gasteiger partial charge in [-0.15, -0.1) is 0 Å². The number of anilines is 1. The summed E-state index contributed by atoms with van der Waals surface area (Å²) in [4.78, 5) is 36.7. The first-order valence-corrected chi connectivity index (χ1v) is 8.55. The minimum atomic E-state index is -0.600. The van der Waals surface area contributed by atoms with Crippen LogP contribution in [0.2, 0.25) is 0 Å². The molecule has 0 aliphatic heterocycles. The van der Waals surface area contributed by atoms with Crippen molar-refractivity contribution < 1.29 is 19.1 Å². The number of nitrogens with one attached hydrogen (secondary N) is 1. The number of fused-ring (bicyclic) bond motifs is 1. The van der Waals surface area contributed by atoms with Crippen molar-refractivity contribution in [1.29, 1.82) is 0 Å². The molecule has 0 saturated heterocycles. The molecular weight excluding hydrogens is 374 g/mol. The standard InChI is InChI=1S/C21H19N3O5/c1-4-17(25)23-19-14-8-9-24(13-7-5-6-12(10-13)20(22)26)21(27)18(14)15(28-2)11-16(19)29-3/h4-11H,1H2,2-3H3,(H2,22,26)(H,23,25). The van der Waals surface area contributed by atoms with Crippen LogP contribution in [0.1, 0.15) is 10.4 Å². The van der Waals surface area contributed by atoms with E-state index in [1.165, 1.54) is 37.1 Å². The van der Waals surface area contributed by atoms with Crippen molar-refractivity contribution in [3.8, 4) is 17.2 Å². The van der Waals surface area contributed by atoms with E-state index in [4.69, 9.17) is 15.2 Å². The number of rotatable bonds is 6. The number of amides is 2. The molecular formula is C21H19N3O5. The van der Waals surface area contributed by atoms with Crippen LogP contribution < -0.4 is 26.1 Å².